The molecule has 0 saturated carbocycles. The van der Waals surface area contributed by atoms with Crippen LogP contribution >= 0.6 is 22.9 Å². The van der Waals surface area contributed by atoms with E-state index >= 15 is 0 Å². The number of piperazine rings is 1. The zero-order chi connectivity index (χ0) is 20.8. The predicted molar refractivity (Wildman–Crippen MR) is 112 cm³/mol. The second-order valence-electron chi connectivity index (χ2n) is 6.61. The summed E-state index contributed by atoms with van der Waals surface area (Å²) in [6.45, 7) is 3.88. The molecular formula is C19H22ClN5O3S. The van der Waals surface area contributed by atoms with Gasteiger partial charge in [0.1, 0.15) is 0 Å². The van der Waals surface area contributed by atoms with Gasteiger partial charge in [-0.1, -0.05) is 29.8 Å². The lowest BCUT2D eigenvalue weighted by Crippen LogP contribution is -2.51. The molecule has 0 radical (unpaired) electrons. The minimum atomic E-state index is -0.253. The summed E-state index contributed by atoms with van der Waals surface area (Å²) in [5.74, 6) is -0.157. The third kappa shape index (κ3) is 5.91. The highest BCUT2D eigenvalue weighted by Gasteiger charge is 2.23. The highest BCUT2D eigenvalue weighted by Crippen LogP contribution is 2.17. The molecule has 8 nitrogen and oxygen atoms in total. The molecule has 2 aromatic rings. The van der Waals surface area contributed by atoms with Crippen LogP contribution in [0.3, 0.4) is 0 Å². The van der Waals surface area contributed by atoms with Gasteiger partial charge >= 0.3 is 6.03 Å². The van der Waals surface area contributed by atoms with Crippen LogP contribution < -0.4 is 10.6 Å². The topological polar surface area (TPSA) is 94.6 Å². The fourth-order valence-corrected chi connectivity index (χ4v) is 3.81. The normalized spacial score (nSPS) is 13.9. The number of amides is 4. The molecule has 0 unspecified atom stereocenters. The van der Waals surface area contributed by atoms with Crippen LogP contribution in [-0.2, 0) is 22.6 Å². The molecule has 1 aromatic carbocycles. The van der Waals surface area contributed by atoms with Crippen molar-refractivity contribution in [2.45, 2.75) is 19.9 Å². The van der Waals surface area contributed by atoms with Gasteiger partial charge in [0.25, 0.3) is 0 Å². The number of aromatic nitrogens is 1. The molecule has 1 fully saturated rings. The van der Waals surface area contributed by atoms with E-state index in [4.69, 9.17) is 11.6 Å². The van der Waals surface area contributed by atoms with Crippen LogP contribution in [0.5, 0.6) is 0 Å². The molecule has 3 rings (SSSR count). The maximum atomic E-state index is 12.4. The first kappa shape index (κ1) is 21.1. The molecular weight excluding hydrogens is 414 g/mol. The lowest BCUT2D eigenvalue weighted by Gasteiger charge is -2.33. The lowest BCUT2D eigenvalue weighted by molar-refractivity contribution is -0.130. The van der Waals surface area contributed by atoms with Crippen molar-refractivity contribution in [1.82, 2.24) is 20.1 Å². The third-order valence-corrected chi connectivity index (χ3v) is 5.73. The summed E-state index contributed by atoms with van der Waals surface area (Å²) in [4.78, 5) is 43.5. The van der Waals surface area contributed by atoms with Crippen molar-refractivity contribution in [3.05, 3.63) is 45.9 Å². The first-order valence-electron chi connectivity index (χ1n) is 9.18. The van der Waals surface area contributed by atoms with Crippen LogP contribution in [-0.4, -0.2) is 58.8 Å². The number of anilines is 1. The molecule has 0 aliphatic carbocycles. The minimum absolute atomic E-state index is 0.0161. The Labute approximate surface area is 177 Å². The van der Waals surface area contributed by atoms with Crippen LogP contribution in [0.4, 0.5) is 9.93 Å². The molecule has 1 saturated heterocycles. The van der Waals surface area contributed by atoms with Gasteiger partial charge in [0.15, 0.2) is 5.13 Å². The largest absolute Gasteiger partial charge is 0.352 e. The second kappa shape index (κ2) is 9.71. The number of hydrogen-bond donors (Lipinski definition) is 2. The van der Waals surface area contributed by atoms with Crippen molar-refractivity contribution in [2.75, 3.05) is 31.5 Å². The molecule has 2 N–H and O–H groups in total. The van der Waals surface area contributed by atoms with Crippen molar-refractivity contribution in [1.29, 1.82) is 0 Å². The second-order valence-corrected chi connectivity index (χ2v) is 7.88. The Balaban J connectivity index is 1.45. The molecule has 0 bridgehead atoms. The van der Waals surface area contributed by atoms with Crippen LogP contribution in [0.1, 0.15) is 18.2 Å². The van der Waals surface area contributed by atoms with Gasteiger partial charge in [-0.3, -0.25) is 14.9 Å². The van der Waals surface area contributed by atoms with Crippen molar-refractivity contribution in [2.24, 2.45) is 0 Å². The summed E-state index contributed by atoms with van der Waals surface area (Å²) < 4.78 is 0. The summed E-state index contributed by atoms with van der Waals surface area (Å²) in [5, 5.41) is 8.37. The smallest absolute Gasteiger partial charge is 0.323 e. The van der Waals surface area contributed by atoms with Gasteiger partial charge < -0.3 is 15.1 Å². The van der Waals surface area contributed by atoms with Crippen molar-refractivity contribution in [3.63, 3.8) is 0 Å². The van der Waals surface area contributed by atoms with E-state index < -0.39 is 0 Å². The van der Waals surface area contributed by atoms with Gasteiger partial charge in [-0.2, -0.15) is 0 Å². The summed E-state index contributed by atoms with van der Waals surface area (Å²) >= 11 is 7.35. The van der Waals surface area contributed by atoms with Gasteiger partial charge in [0.05, 0.1) is 12.1 Å². The van der Waals surface area contributed by atoms with Gasteiger partial charge in [0, 0.05) is 50.1 Å². The number of nitrogens with zero attached hydrogens (tertiary/aromatic N) is 3. The average molecular weight is 436 g/mol. The number of carbonyl (C=O) groups excluding carboxylic acids is 3. The van der Waals surface area contributed by atoms with Crippen molar-refractivity contribution >= 4 is 45.9 Å². The first-order chi connectivity index (χ1) is 13.9. The Morgan fingerprint density at radius 2 is 1.83 bits per heavy atom. The van der Waals surface area contributed by atoms with E-state index in [0.29, 0.717) is 48.6 Å². The molecule has 1 aromatic heterocycles. The number of hydrogen-bond acceptors (Lipinski definition) is 5. The van der Waals surface area contributed by atoms with E-state index in [-0.39, 0.29) is 24.3 Å². The zero-order valence-corrected chi connectivity index (χ0v) is 17.6. The van der Waals surface area contributed by atoms with E-state index in [1.165, 1.54) is 18.3 Å². The van der Waals surface area contributed by atoms with Crippen LogP contribution in [0.25, 0.3) is 0 Å². The highest BCUT2D eigenvalue weighted by molar-refractivity contribution is 7.13. The third-order valence-electron chi connectivity index (χ3n) is 4.55. The summed E-state index contributed by atoms with van der Waals surface area (Å²) in [6.07, 6.45) is 0.119. The molecule has 29 heavy (non-hydrogen) atoms. The van der Waals surface area contributed by atoms with E-state index in [0.717, 1.165) is 5.56 Å². The Kier molecular flexibility index (Phi) is 7.05. The summed E-state index contributed by atoms with van der Waals surface area (Å²) in [6, 6.07) is 7.08. The number of rotatable bonds is 5. The summed E-state index contributed by atoms with van der Waals surface area (Å²) in [7, 11) is 0. The summed E-state index contributed by atoms with van der Waals surface area (Å²) in [5.41, 5.74) is 1.43. The molecule has 0 spiro atoms. The zero-order valence-electron chi connectivity index (χ0n) is 16.0. The number of nitrogens with one attached hydrogen (secondary N) is 2. The first-order valence-corrected chi connectivity index (χ1v) is 10.4. The fourth-order valence-electron chi connectivity index (χ4n) is 2.90. The average Bonchev–Trinajstić information content (AvgIpc) is 3.14. The highest BCUT2D eigenvalue weighted by atomic mass is 35.5. The minimum Gasteiger partial charge on any atom is -0.352 e. The maximum absolute atomic E-state index is 12.4. The molecule has 1 aliphatic heterocycles. The lowest BCUT2D eigenvalue weighted by atomic mass is 10.2. The quantitative estimate of drug-likeness (QED) is 0.753. The van der Waals surface area contributed by atoms with Gasteiger partial charge in [-0.25, -0.2) is 9.78 Å². The molecule has 0 atom stereocenters. The number of halogens is 1. The van der Waals surface area contributed by atoms with Crippen molar-refractivity contribution < 1.29 is 14.4 Å². The Hall–Kier alpha value is -2.65. The Bertz CT molecular complexity index is 895. The Morgan fingerprint density at radius 3 is 2.52 bits per heavy atom. The monoisotopic (exact) mass is 435 g/mol. The van der Waals surface area contributed by atoms with E-state index in [1.807, 2.05) is 18.2 Å². The fraction of sp³-hybridized carbons (Fsp3) is 0.368. The van der Waals surface area contributed by atoms with Gasteiger partial charge in [0.2, 0.25) is 11.8 Å². The van der Waals surface area contributed by atoms with Crippen LogP contribution in [0.2, 0.25) is 5.02 Å². The molecule has 1 aliphatic rings. The number of thiazole rings is 1. The predicted octanol–water partition coefficient (Wildman–Crippen LogP) is 2.35. The standard InChI is InChI=1S/C19H22ClN5O3S/c1-13(26)24-6-8-25(9-7-24)19(28)23-18-22-15(12-29-18)10-17(27)21-11-14-4-2-3-5-16(14)20/h2-5,12H,6-11H2,1H3,(H,21,27)(H,22,23,28). The van der Waals surface area contributed by atoms with Crippen LogP contribution in [0.15, 0.2) is 29.6 Å². The van der Waals surface area contributed by atoms with Gasteiger partial charge in [-0.15, -0.1) is 11.3 Å². The number of benzene rings is 1. The van der Waals surface area contributed by atoms with Crippen molar-refractivity contribution in [3.8, 4) is 0 Å². The molecule has 4 amide bonds. The van der Waals surface area contributed by atoms with E-state index in [9.17, 15) is 14.4 Å². The van der Waals surface area contributed by atoms with Crippen LogP contribution in [0, 0.1) is 0 Å². The van der Waals surface area contributed by atoms with E-state index in [2.05, 4.69) is 15.6 Å². The number of urea groups is 1. The maximum Gasteiger partial charge on any atom is 0.323 e. The Morgan fingerprint density at radius 1 is 1.14 bits per heavy atom. The van der Waals surface area contributed by atoms with E-state index in [1.54, 1.807) is 21.2 Å². The molecule has 2 heterocycles. The number of carbonyl (C=O) groups is 3. The van der Waals surface area contributed by atoms with Gasteiger partial charge in [-0.05, 0) is 11.6 Å². The SMILES string of the molecule is CC(=O)N1CCN(C(=O)Nc2nc(CC(=O)NCc3ccccc3Cl)cs2)CC1. The molecule has 10 heteroatoms. The molecule has 154 valence electrons.